The molecule has 19 heavy (non-hydrogen) atoms. The molecule has 3 rings (SSSR count). The van der Waals surface area contributed by atoms with Crippen LogP contribution in [0.15, 0.2) is 35.2 Å². The molecule has 0 saturated carbocycles. The summed E-state index contributed by atoms with van der Waals surface area (Å²) in [6, 6.07) is 7.59. The second-order valence-corrected chi connectivity index (χ2v) is 3.97. The zero-order valence-corrected chi connectivity index (χ0v) is 10.1. The summed E-state index contributed by atoms with van der Waals surface area (Å²) in [6.45, 7) is 0.608. The number of nitrogens with zero attached hydrogens (tertiary/aromatic N) is 4. The van der Waals surface area contributed by atoms with Crippen molar-refractivity contribution in [3.05, 3.63) is 36.5 Å². The molecule has 0 aliphatic heterocycles. The quantitative estimate of drug-likeness (QED) is 0.724. The molecule has 3 N–H and O–H groups in total. The van der Waals surface area contributed by atoms with E-state index in [-0.39, 0.29) is 0 Å². The maximum atomic E-state index is 5.86. The van der Waals surface area contributed by atoms with Crippen LogP contribution in [0.2, 0.25) is 0 Å². The molecular weight excluding hydrogens is 244 g/mol. The molecule has 3 aromatic rings. The van der Waals surface area contributed by atoms with Crippen molar-refractivity contribution in [2.75, 3.05) is 17.6 Å². The van der Waals surface area contributed by atoms with E-state index in [1.165, 1.54) is 6.39 Å². The number of hydrogen-bond donors (Lipinski definition) is 2. The molecule has 0 aliphatic carbocycles. The van der Waals surface area contributed by atoms with Crippen LogP contribution in [0.25, 0.3) is 11.0 Å². The molecule has 0 amide bonds. The monoisotopic (exact) mass is 256 g/mol. The summed E-state index contributed by atoms with van der Waals surface area (Å²) in [7, 11) is 0. The topological polar surface area (TPSA) is 103 Å². The number of nitrogen functional groups attached to an aromatic ring is 1. The molecule has 0 fully saturated rings. The summed E-state index contributed by atoms with van der Waals surface area (Å²) >= 11 is 0. The van der Waals surface area contributed by atoms with Crippen molar-refractivity contribution in [2.45, 2.75) is 6.42 Å². The van der Waals surface area contributed by atoms with Crippen LogP contribution in [0.4, 0.5) is 11.6 Å². The summed E-state index contributed by atoms with van der Waals surface area (Å²) < 4.78 is 4.66. The first kappa shape index (κ1) is 11.4. The first-order valence-corrected chi connectivity index (χ1v) is 5.84. The Kier molecular flexibility index (Phi) is 2.93. The Morgan fingerprint density at radius 3 is 2.68 bits per heavy atom. The highest BCUT2D eigenvalue weighted by atomic mass is 16.5. The molecule has 7 nitrogen and oxygen atoms in total. The molecule has 0 saturated heterocycles. The van der Waals surface area contributed by atoms with Crippen molar-refractivity contribution in [3.63, 3.8) is 0 Å². The lowest BCUT2D eigenvalue weighted by molar-refractivity contribution is 0.410. The normalized spacial score (nSPS) is 10.7. The summed E-state index contributed by atoms with van der Waals surface area (Å²) in [6.07, 6.45) is 1.93. The van der Waals surface area contributed by atoms with Crippen LogP contribution in [0.5, 0.6) is 0 Å². The number of aromatic nitrogens is 4. The molecule has 0 atom stereocenters. The van der Waals surface area contributed by atoms with Gasteiger partial charge in [0.05, 0.1) is 11.0 Å². The van der Waals surface area contributed by atoms with Gasteiger partial charge < -0.3 is 15.6 Å². The Morgan fingerprint density at radius 2 is 1.95 bits per heavy atom. The molecule has 2 aromatic heterocycles. The lowest BCUT2D eigenvalue weighted by Crippen LogP contribution is -2.10. The number of nitrogens with two attached hydrogens (primary N) is 1. The molecule has 96 valence electrons. The van der Waals surface area contributed by atoms with Gasteiger partial charge in [-0.05, 0) is 12.1 Å². The zero-order chi connectivity index (χ0) is 13.1. The van der Waals surface area contributed by atoms with Gasteiger partial charge in [-0.15, -0.1) is 0 Å². The fourth-order valence-electron chi connectivity index (χ4n) is 1.74. The van der Waals surface area contributed by atoms with Crippen molar-refractivity contribution in [3.8, 4) is 0 Å². The molecule has 0 unspecified atom stereocenters. The third-order valence-corrected chi connectivity index (χ3v) is 2.65. The average Bonchev–Trinajstić information content (AvgIpc) is 2.92. The SMILES string of the molecule is Nc1nc2ccccc2nc1NCCc1ncon1. The van der Waals surface area contributed by atoms with E-state index in [0.29, 0.717) is 30.4 Å². The molecule has 0 spiro atoms. The summed E-state index contributed by atoms with van der Waals surface area (Å²) in [5.74, 6) is 1.59. The molecule has 0 radical (unpaired) electrons. The highest BCUT2D eigenvalue weighted by Crippen LogP contribution is 2.18. The molecular formula is C12H12N6O. The molecule has 0 bridgehead atoms. The highest BCUT2D eigenvalue weighted by Gasteiger charge is 2.05. The summed E-state index contributed by atoms with van der Waals surface area (Å²) in [5, 5.41) is 6.85. The van der Waals surface area contributed by atoms with Gasteiger partial charge >= 0.3 is 0 Å². The largest absolute Gasteiger partial charge is 0.381 e. The Labute approximate surface area is 108 Å². The fraction of sp³-hybridized carbons (Fsp3) is 0.167. The Balaban J connectivity index is 1.75. The van der Waals surface area contributed by atoms with Crippen molar-refractivity contribution < 1.29 is 4.52 Å². The van der Waals surface area contributed by atoms with Crippen LogP contribution < -0.4 is 11.1 Å². The third-order valence-electron chi connectivity index (χ3n) is 2.65. The standard InChI is InChI=1S/C12H12N6O/c13-11-12(14-6-5-10-15-7-19-18-10)17-9-4-2-1-3-8(9)16-11/h1-4,7H,5-6H2,(H2,13,16)(H,14,17). The molecule has 1 aromatic carbocycles. The number of anilines is 2. The van der Waals surface area contributed by atoms with Crippen LogP contribution in [-0.4, -0.2) is 26.7 Å². The Morgan fingerprint density at radius 1 is 1.16 bits per heavy atom. The van der Waals surface area contributed by atoms with Gasteiger partial charge in [-0.3, -0.25) is 0 Å². The van der Waals surface area contributed by atoms with Gasteiger partial charge in [-0.25, -0.2) is 9.97 Å². The maximum absolute atomic E-state index is 5.86. The number of fused-ring (bicyclic) bond motifs is 1. The summed E-state index contributed by atoms with van der Waals surface area (Å²) in [4.78, 5) is 12.7. The number of para-hydroxylation sites is 2. The van der Waals surface area contributed by atoms with Gasteiger partial charge in [0.1, 0.15) is 0 Å². The minimum Gasteiger partial charge on any atom is -0.381 e. The van der Waals surface area contributed by atoms with E-state index >= 15 is 0 Å². The van der Waals surface area contributed by atoms with Gasteiger partial charge in [-0.1, -0.05) is 17.3 Å². The van der Waals surface area contributed by atoms with E-state index in [9.17, 15) is 0 Å². The number of benzene rings is 1. The van der Waals surface area contributed by atoms with E-state index in [4.69, 9.17) is 5.73 Å². The van der Waals surface area contributed by atoms with Crippen molar-refractivity contribution in [1.29, 1.82) is 0 Å². The van der Waals surface area contributed by atoms with E-state index in [1.54, 1.807) is 0 Å². The molecule has 7 heteroatoms. The Bertz CT molecular complexity index is 682. The van der Waals surface area contributed by atoms with Crippen molar-refractivity contribution in [2.24, 2.45) is 0 Å². The maximum Gasteiger partial charge on any atom is 0.213 e. The zero-order valence-electron chi connectivity index (χ0n) is 10.1. The smallest absolute Gasteiger partial charge is 0.213 e. The minimum atomic E-state index is 0.381. The van der Waals surface area contributed by atoms with Crippen LogP contribution in [0.3, 0.4) is 0 Å². The third kappa shape index (κ3) is 2.44. The average molecular weight is 256 g/mol. The van der Waals surface area contributed by atoms with Crippen LogP contribution >= 0.6 is 0 Å². The van der Waals surface area contributed by atoms with Crippen molar-refractivity contribution in [1.82, 2.24) is 20.1 Å². The van der Waals surface area contributed by atoms with Crippen LogP contribution in [-0.2, 0) is 6.42 Å². The van der Waals surface area contributed by atoms with E-state index in [1.807, 2.05) is 24.3 Å². The van der Waals surface area contributed by atoms with Crippen LogP contribution in [0, 0.1) is 0 Å². The van der Waals surface area contributed by atoms with E-state index in [2.05, 4.69) is 29.9 Å². The highest BCUT2D eigenvalue weighted by molar-refractivity contribution is 5.79. The van der Waals surface area contributed by atoms with Gasteiger partial charge in [0.2, 0.25) is 6.39 Å². The number of rotatable bonds is 4. The lowest BCUT2D eigenvalue weighted by atomic mass is 10.3. The second kappa shape index (κ2) is 4.89. The van der Waals surface area contributed by atoms with Gasteiger partial charge in [0, 0.05) is 13.0 Å². The van der Waals surface area contributed by atoms with E-state index < -0.39 is 0 Å². The predicted octanol–water partition coefficient (Wildman–Crippen LogP) is 1.25. The van der Waals surface area contributed by atoms with Crippen LogP contribution in [0.1, 0.15) is 5.82 Å². The van der Waals surface area contributed by atoms with Gasteiger partial charge in [0.25, 0.3) is 0 Å². The Hall–Kier alpha value is -2.70. The number of nitrogens with one attached hydrogen (secondary N) is 1. The second-order valence-electron chi connectivity index (χ2n) is 3.97. The van der Waals surface area contributed by atoms with E-state index in [0.717, 1.165) is 11.0 Å². The van der Waals surface area contributed by atoms with Gasteiger partial charge in [0.15, 0.2) is 17.5 Å². The molecule has 2 heterocycles. The number of hydrogen-bond acceptors (Lipinski definition) is 7. The van der Waals surface area contributed by atoms with Gasteiger partial charge in [-0.2, -0.15) is 4.98 Å². The summed E-state index contributed by atoms with van der Waals surface area (Å²) in [5.41, 5.74) is 7.45. The fourth-order valence-corrected chi connectivity index (χ4v) is 1.74. The molecule has 0 aliphatic rings. The lowest BCUT2D eigenvalue weighted by Gasteiger charge is -2.07. The first-order valence-electron chi connectivity index (χ1n) is 5.84. The van der Waals surface area contributed by atoms with Crippen molar-refractivity contribution >= 4 is 22.7 Å². The minimum absolute atomic E-state index is 0.381. The predicted molar refractivity (Wildman–Crippen MR) is 70.4 cm³/mol. The first-order chi connectivity index (χ1) is 9.33.